The molecule has 10 heteroatoms. The van der Waals surface area contributed by atoms with E-state index in [0.29, 0.717) is 21.7 Å². The lowest BCUT2D eigenvalue weighted by Crippen LogP contribution is -2.21. The molecule has 0 aliphatic rings. The van der Waals surface area contributed by atoms with Crippen molar-refractivity contribution in [3.05, 3.63) is 76.4 Å². The molecule has 3 N–H and O–H groups in total. The smallest absolute Gasteiger partial charge is 0.339 e. The molecule has 0 unspecified atom stereocenters. The fraction of sp³-hybridized carbons (Fsp3) is 0.125. The highest BCUT2D eigenvalue weighted by Crippen LogP contribution is 2.38. The number of nitrogens with one attached hydrogen (secondary N) is 1. The van der Waals surface area contributed by atoms with Crippen molar-refractivity contribution in [1.82, 2.24) is 9.97 Å². The van der Waals surface area contributed by atoms with Gasteiger partial charge in [-0.3, -0.25) is 9.59 Å². The summed E-state index contributed by atoms with van der Waals surface area (Å²) in [7, 11) is 0. The summed E-state index contributed by atoms with van der Waals surface area (Å²) < 4.78 is 5.25. The molecule has 0 aliphatic carbocycles. The van der Waals surface area contributed by atoms with Crippen molar-refractivity contribution in [1.29, 1.82) is 0 Å². The Kier molecular flexibility index (Phi) is 6.90. The molecule has 0 saturated heterocycles. The van der Waals surface area contributed by atoms with E-state index in [9.17, 15) is 14.4 Å². The van der Waals surface area contributed by atoms with Crippen molar-refractivity contribution in [3.8, 4) is 0 Å². The number of carbonyl (C=O) groups is 3. The molecule has 2 heterocycles. The van der Waals surface area contributed by atoms with Crippen LogP contribution >= 0.6 is 23.1 Å². The minimum atomic E-state index is -0.620. The Hall–Kier alpha value is -3.76. The number of nitrogens with zero attached hydrogens (tertiary/aromatic N) is 2. The van der Waals surface area contributed by atoms with Gasteiger partial charge in [-0.1, -0.05) is 23.9 Å². The number of nitrogens with two attached hydrogens (primary N) is 1. The van der Waals surface area contributed by atoms with E-state index in [1.807, 2.05) is 26.0 Å². The number of primary amides is 1. The number of hydrogen-bond donors (Lipinski definition) is 2. The second kappa shape index (κ2) is 10.0. The van der Waals surface area contributed by atoms with E-state index >= 15 is 0 Å². The number of esters is 1. The van der Waals surface area contributed by atoms with Crippen LogP contribution in [0.4, 0.5) is 5.69 Å². The van der Waals surface area contributed by atoms with Crippen molar-refractivity contribution in [2.45, 2.75) is 23.8 Å². The summed E-state index contributed by atoms with van der Waals surface area (Å²) in [4.78, 5) is 47.6. The second-order valence-corrected chi connectivity index (χ2v) is 9.54. The molecular weight excluding hydrogens is 472 g/mol. The number of hydrogen-bond acceptors (Lipinski definition) is 8. The summed E-state index contributed by atoms with van der Waals surface area (Å²) in [5, 5.41) is 4.33. The van der Waals surface area contributed by atoms with Gasteiger partial charge >= 0.3 is 5.97 Å². The average molecular weight is 493 g/mol. The molecule has 4 aromatic rings. The van der Waals surface area contributed by atoms with Gasteiger partial charge in [-0.2, -0.15) is 0 Å². The van der Waals surface area contributed by atoms with Crippen molar-refractivity contribution in [2.75, 3.05) is 11.9 Å². The van der Waals surface area contributed by atoms with Crippen molar-refractivity contribution in [2.24, 2.45) is 5.73 Å². The zero-order valence-corrected chi connectivity index (χ0v) is 20.0. The zero-order chi connectivity index (χ0) is 24.2. The van der Waals surface area contributed by atoms with Crippen molar-refractivity contribution >= 4 is 56.8 Å². The Bertz CT molecular complexity index is 1400. The van der Waals surface area contributed by atoms with Crippen LogP contribution in [0.15, 0.2) is 64.8 Å². The van der Waals surface area contributed by atoms with E-state index < -0.39 is 24.4 Å². The van der Waals surface area contributed by atoms with E-state index in [1.165, 1.54) is 35.1 Å². The summed E-state index contributed by atoms with van der Waals surface area (Å²) in [6, 6.07) is 13.1. The largest absolute Gasteiger partial charge is 0.452 e. The molecule has 0 aliphatic heterocycles. The lowest BCUT2D eigenvalue weighted by atomic mass is 10.2. The Balaban J connectivity index is 1.45. The predicted octanol–water partition coefficient (Wildman–Crippen LogP) is 4.35. The molecule has 34 heavy (non-hydrogen) atoms. The van der Waals surface area contributed by atoms with Crippen LogP contribution in [0.2, 0.25) is 0 Å². The van der Waals surface area contributed by atoms with Gasteiger partial charge in [0.15, 0.2) is 6.61 Å². The quantitative estimate of drug-likeness (QED) is 0.290. The molecule has 8 nitrogen and oxygen atoms in total. The molecule has 2 amide bonds. The van der Waals surface area contributed by atoms with Gasteiger partial charge in [0.05, 0.1) is 5.56 Å². The summed E-state index contributed by atoms with van der Waals surface area (Å²) in [5.74, 6) is -1.69. The van der Waals surface area contributed by atoms with E-state index in [2.05, 4.69) is 15.3 Å². The van der Waals surface area contributed by atoms with E-state index in [-0.39, 0.29) is 0 Å². The van der Waals surface area contributed by atoms with Gasteiger partial charge in [-0.15, -0.1) is 11.3 Å². The number of thiophene rings is 1. The van der Waals surface area contributed by atoms with E-state index in [1.54, 1.807) is 35.6 Å². The number of benzene rings is 2. The number of ether oxygens (including phenoxy) is 1. The number of aromatic nitrogens is 2. The fourth-order valence-electron chi connectivity index (χ4n) is 3.18. The number of rotatable bonds is 7. The first-order chi connectivity index (χ1) is 16.3. The average Bonchev–Trinajstić information content (AvgIpc) is 3.12. The predicted molar refractivity (Wildman–Crippen MR) is 131 cm³/mol. The number of anilines is 1. The van der Waals surface area contributed by atoms with Crippen LogP contribution in [0.1, 0.15) is 31.2 Å². The second-order valence-electron chi connectivity index (χ2n) is 7.31. The Morgan fingerprint density at radius 1 is 1.06 bits per heavy atom. The first-order valence-corrected chi connectivity index (χ1v) is 11.8. The van der Waals surface area contributed by atoms with Gasteiger partial charge < -0.3 is 15.8 Å². The molecule has 0 atom stereocenters. The Morgan fingerprint density at radius 3 is 2.53 bits per heavy atom. The molecule has 0 radical (unpaired) electrons. The Morgan fingerprint density at radius 2 is 1.79 bits per heavy atom. The maximum absolute atomic E-state index is 12.8. The van der Waals surface area contributed by atoms with Crippen LogP contribution < -0.4 is 11.1 Å². The topological polar surface area (TPSA) is 124 Å². The van der Waals surface area contributed by atoms with Gasteiger partial charge in [-0.25, -0.2) is 14.8 Å². The monoisotopic (exact) mass is 492 g/mol. The highest BCUT2D eigenvalue weighted by Gasteiger charge is 2.18. The third-order valence-electron chi connectivity index (χ3n) is 5.03. The molecule has 4 rings (SSSR count). The van der Waals surface area contributed by atoms with Crippen LogP contribution in [0, 0.1) is 13.8 Å². The highest BCUT2D eigenvalue weighted by atomic mass is 32.2. The van der Waals surface area contributed by atoms with E-state index in [4.69, 9.17) is 10.5 Å². The summed E-state index contributed by atoms with van der Waals surface area (Å²) in [6.07, 6.45) is 1.52. The van der Waals surface area contributed by atoms with Gasteiger partial charge in [0.25, 0.3) is 5.91 Å². The molecule has 2 aromatic heterocycles. The van der Waals surface area contributed by atoms with Crippen LogP contribution in [-0.2, 0) is 9.53 Å². The SMILES string of the molecule is Cc1sc2ncnc(Sc3ccccc3C(=O)OCC(=O)Nc3ccc(C(N)=O)cc3)c2c1C. The minimum Gasteiger partial charge on any atom is -0.452 e. The molecule has 172 valence electrons. The van der Waals surface area contributed by atoms with Crippen LogP contribution in [0.5, 0.6) is 0 Å². The normalized spacial score (nSPS) is 10.8. The highest BCUT2D eigenvalue weighted by molar-refractivity contribution is 7.99. The Labute approximate surface area is 203 Å². The van der Waals surface area contributed by atoms with E-state index in [0.717, 1.165) is 20.8 Å². The first kappa shape index (κ1) is 23.4. The number of carbonyl (C=O) groups excluding carboxylic acids is 3. The molecule has 0 fully saturated rings. The van der Waals surface area contributed by atoms with Gasteiger partial charge in [0.2, 0.25) is 5.91 Å². The third kappa shape index (κ3) is 5.08. The summed E-state index contributed by atoms with van der Waals surface area (Å²) in [5.41, 5.74) is 7.44. The van der Waals surface area contributed by atoms with Gasteiger partial charge in [0.1, 0.15) is 16.2 Å². The molecule has 2 aromatic carbocycles. The molecular formula is C24H20N4O4S2. The molecule has 0 saturated carbocycles. The lowest BCUT2D eigenvalue weighted by Gasteiger charge is -2.10. The van der Waals surface area contributed by atoms with Crippen LogP contribution in [0.3, 0.4) is 0 Å². The van der Waals surface area contributed by atoms with Gasteiger partial charge in [0, 0.05) is 26.4 Å². The van der Waals surface area contributed by atoms with Crippen LogP contribution in [0.25, 0.3) is 10.2 Å². The third-order valence-corrected chi connectivity index (χ3v) is 7.23. The van der Waals surface area contributed by atoms with Crippen molar-refractivity contribution in [3.63, 3.8) is 0 Å². The zero-order valence-electron chi connectivity index (χ0n) is 18.3. The fourth-order valence-corrected chi connectivity index (χ4v) is 5.31. The molecule has 0 spiro atoms. The first-order valence-electron chi connectivity index (χ1n) is 10.2. The van der Waals surface area contributed by atoms with Crippen molar-refractivity contribution < 1.29 is 19.1 Å². The minimum absolute atomic E-state index is 0.326. The van der Waals surface area contributed by atoms with Gasteiger partial charge in [-0.05, 0) is 55.8 Å². The lowest BCUT2D eigenvalue weighted by molar-refractivity contribution is -0.119. The standard InChI is InChI=1S/C24H20N4O4S2/c1-13-14(2)33-22-20(13)23(27-12-26-22)34-18-6-4-3-5-17(18)24(31)32-11-19(29)28-16-9-7-15(8-10-16)21(25)30/h3-10,12H,11H2,1-2H3,(H2,25,30)(H,28,29). The molecule has 0 bridgehead atoms. The summed E-state index contributed by atoms with van der Waals surface area (Å²) in [6.45, 7) is 3.61. The maximum atomic E-state index is 12.8. The number of fused-ring (bicyclic) bond motifs is 1. The number of amides is 2. The number of aryl methyl sites for hydroxylation is 2. The maximum Gasteiger partial charge on any atom is 0.339 e. The van der Waals surface area contributed by atoms with Crippen LogP contribution in [-0.4, -0.2) is 34.4 Å². The summed E-state index contributed by atoms with van der Waals surface area (Å²) >= 11 is 2.96.